The highest BCUT2D eigenvalue weighted by molar-refractivity contribution is 5.81. The Kier molecular flexibility index (Phi) is 6.46. The summed E-state index contributed by atoms with van der Waals surface area (Å²) < 4.78 is 35.8. The van der Waals surface area contributed by atoms with E-state index in [4.69, 9.17) is 16.2 Å². The molecular weight excluding hydrogens is 516 g/mol. The van der Waals surface area contributed by atoms with Crippen molar-refractivity contribution in [2.75, 3.05) is 30.8 Å². The zero-order valence-electron chi connectivity index (χ0n) is 21.8. The van der Waals surface area contributed by atoms with Crippen LogP contribution >= 0.6 is 0 Å². The lowest BCUT2D eigenvalue weighted by atomic mass is 9.86. The van der Waals surface area contributed by atoms with Crippen molar-refractivity contribution >= 4 is 22.7 Å². The van der Waals surface area contributed by atoms with E-state index in [0.717, 1.165) is 36.3 Å². The second-order valence-electron chi connectivity index (χ2n) is 9.87. The minimum absolute atomic E-state index is 0.280. The van der Waals surface area contributed by atoms with Gasteiger partial charge >= 0.3 is 0 Å². The molecule has 0 bridgehead atoms. The van der Waals surface area contributed by atoms with Crippen LogP contribution in [-0.4, -0.2) is 49.7 Å². The van der Waals surface area contributed by atoms with Crippen LogP contribution in [0.5, 0.6) is 5.75 Å². The van der Waals surface area contributed by atoms with Crippen LogP contribution in [0.15, 0.2) is 61.4 Å². The molecule has 204 valence electrons. The van der Waals surface area contributed by atoms with Crippen LogP contribution in [0.25, 0.3) is 22.4 Å². The zero-order chi connectivity index (χ0) is 27.9. The van der Waals surface area contributed by atoms with Gasteiger partial charge in [-0.05, 0) is 48.7 Å². The minimum Gasteiger partial charge on any atom is -0.491 e. The number of nitrogen functional groups attached to an aromatic ring is 1. The molecule has 0 unspecified atom stereocenters. The first-order valence-corrected chi connectivity index (χ1v) is 12.8. The van der Waals surface area contributed by atoms with Gasteiger partial charge in [-0.3, -0.25) is 9.97 Å². The number of piperidine rings is 1. The number of ether oxygens (including phenoxy) is 1. The lowest BCUT2D eigenvalue weighted by Crippen LogP contribution is -2.52. The maximum Gasteiger partial charge on any atom is 0.190 e. The number of benzene rings is 1. The molecule has 40 heavy (non-hydrogen) atoms. The quantitative estimate of drug-likeness (QED) is 0.329. The van der Waals surface area contributed by atoms with E-state index < -0.39 is 22.9 Å². The van der Waals surface area contributed by atoms with Gasteiger partial charge in [0.2, 0.25) is 0 Å². The van der Waals surface area contributed by atoms with Gasteiger partial charge in [0.1, 0.15) is 11.8 Å². The third kappa shape index (κ3) is 4.56. The normalized spacial score (nSPS) is 17.4. The number of fused-ring (bicyclic) bond motifs is 1. The fourth-order valence-corrected chi connectivity index (χ4v) is 5.32. The zero-order valence-corrected chi connectivity index (χ0v) is 21.8. The van der Waals surface area contributed by atoms with Gasteiger partial charge in [-0.1, -0.05) is 6.07 Å². The van der Waals surface area contributed by atoms with Crippen LogP contribution in [0.3, 0.4) is 0 Å². The van der Waals surface area contributed by atoms with Crippen LogP contribution in [0.4, 0.5) is 20.3 Å². The fraction of sp³-hybridized carbons (Fsp3) is 0.250. The number of halogens is 2. The lowest BCUT2D eigenvalue weighted by molar-refractivity contribution is 0.345. The molecule has 1 aromatic carbocycles. The second-order valence-corrected chi connectivity index (χ2v) is 9.87. The predicted molar refractivity (Wildman–Crippen MR) is 147 cm³/mol. The number of nitrogens with zero attached hydrogens (tertiary/aromatic N) is 7. The summed E-state index contributed by atoms with van der Waals surface area (Å²) in [5, 5.41) is 0. The molecule has 5 heterocycles. The number of anilines is 2. The first kappa shape index (κ1) is 25.6. The summed E-state index contributed by atoms with van der Waals surface area (Å²) in [6.45, 7) is 1.62. The summed E-state index contributed by atoms with van der Waals surface area (Å²) in [5.41, 5.74) is 16.5. The number of imidazole rings is 1. The molecule has 1 aliphatic heterocycles. The molecular formula is C28H27F2N9O. The Bertz CT molecular complexity index is 1670. The Morgan fingerprint density at radius 2 is 1.88 bits per heavy atom. The summed E-state index contributed by atoms with van der Waals surface area (Å²) in [5.74, 6) is -1.78. The highest BCUT2D eigenvalue weighted by Crippen LogP contribution is 2.35. The summed E-state index contributed by atoms with van der Waals surface area (Å²) in [7, 11) is 1.22. The van der Waals surface area contributed by atoms with Gasteiger partial charge in [-0.2, -0.15) is 0 Å². The van der Waals surface area contributed by atoms with E-state index in [1.54, 1.807) is 18.7 Å². The maximum atomic E-state index is 14.6. The van der Waals surface area contributed by atoms with Crippen molar-refractivity contribution in [3.8, 4) is 17.0 Å². The molecule has 0 spiro atoms. The van der Waals surface area contributed by atoms with Crippen LogP contribution in [-0.2, 0) is 12.1 Å². The Hall–Kier alpha value is -4.71. The Labute approximate surface area is 228 Å². The van der Waals surface area contributed by atoms with E-state index >= 15 is 0 Å². The van der Waals surface area contributed by atoms with Gasteiger partial charge in [0.25, 0.3) is 0 Å². The fourth-order valence-electron chi connectivity index (χ4n) is 5.32. The largest absolute Gasteiger partial charge is 0.491 e. The highest BCUT2D eigenvalue weighted by atomic mass is 19.1. The van der Waals surface area contributed by atoms with Crippen LogP contribution in [0.2, 0.25) is 0 Å². The summed E-state index contributed by atoms with van der Waals surface area (Å²) in [4.78, 5) is 24.1. The van der Waals surface area contributed by atoms with Crippen LogP contribution < -0.4 is 21.1 Å². The average molecular weight is 544 g/mol. The topological polar surface area (TPSA) is 134 Å². The molecule has 10 nitrogen and oxygen atoms in total. The minimum atomic E-state index is -0.808. The monoisotopic (exact) mass is 543 g/mol. The van der Waals surface area contributed by atoms with Crippen molar-refractivity contribution in [2.45, 2.75) is 24.9 Å². The van der Waals surface area contributed by atoms with Gasteiger partial charge in [-0.15, -0.1) is 0 Å². The number of nitrogens with two attached hydrogens (primary N) is 2. The number of rotatable bonds is 6. The number of pyridine rings is 2. The van der Waals surface area contributed by atoms with Crippen molar-refractivity contribution in [1.29, 1.82) is 0 Å². The highest BCUT2D eigenvalue weighted by Gasteiger charge is 2.35. The molecule has 4 aromatic heterocycles. The molecule has 0 amide bonds. The third-order valence-electron chi connectivity index (χ3n) is 7.27. The summed E-state index contributed by atoms with van der Waals surface area (Å²) in [6.07, 6.45) is 8.13. The first-order chi connectivity index (χ1) is 19.4. The van der Waals surface area contributed by atoms with Crippen molar-refractivity contribution in [2.24, 2.45) is 5.73 Å². The average Bonchev–Trinajstić information content (AvgIpc) is 3.37. The van der Waals surface area contributed by atoms with E-state index in [9.17, 15) is 8.78 Å². The van der Waals surface area contributed by atoms with Gasteiger partial charge in [-0.25, -0.2) is 23.7 Å². The molecule has 0 aliphatic carbocycles. The molecule has 6 rings (SSSR count). The van der Waals surface area contributed by atoms with Crippen molar-refractivity contribution in [3.63, 3.8) is 0 Å². The second kappa shape index (κ2) is 10.1. The van der Waals surface area contributed by atoms with E-state index in [2.05, 4.69) is 29.8 Å². The molecule has 1 fully saturated rings. The lowest BCUT2D eigenvalue weighted by Gasteiger charge is -2.41. The smallest absolute Gasteiger partial charge is 0.190 e. The summed E-state index contributed by atoms with van der Waals surface area (Å²) in [6, 6.07) is 9.98. The van der Waals surface area contributed by atoms with E-state index in [1.165, 1.54) is 25.6 Å². The molecule has 5 aromatic rings. The number of hydrogen-bond donors (Lipinski definition) is 2. The number of aromatic nitrogens is 6. The molecule has 0 saturated carbocycles. The molecule has 1 saturated heterocycles. The summed E-state index contributed by atoms with van der Waals surface area (Å²) >= 11 is 0. The van der Waals surface area contributed by atoms with Crippen molar-refractivity contribution in [1.82, 2.24) is 29.5 Å². The number of methoxy groups -OCH3 is 1. The first-order valence-electron chi connectivity index (χ1n) is 12.8. The van der Waals surface area contributed by atoms with Gasteiger partial charge in [0, 0.05) is 24.8 Å². The van der Waals surface area contributed by atoms with Gasteiger partial charge < -0.3 is 25.7 Å². The van der Waals surface area contributed by atoms with Gasteiger partial charge in [0.05, 0.1) is 48.8 Å². The Morgan fingerprint density at radius 3 is 2.62 bits per heavy atom. The standard InChI is InChI=1S/C28H27F2N9O/c1-40-25-19(29)9-17(10-20(25)30)21-11-18(13-39-16-37-24-26(31)35-15-36-27(24)39)22(12-34-21)38-8-4-6-28(32,14-38)23-5-2-3-7-33-23/h2-3,5,7,9-12,15-16H,4,6,8,13-14,32H2,1H3,(H2,31,35,36)/t28-/m0/s1. The predicted octanol–water partition coefficient (Wildman–Crippen LogP) is 3.66. The molecule has 4 N–H and O–H groups in total. The van der Waals surface area contributed by atoms with E-state index in [-0.39, 0.29) is 11.4 Å². The molecule has 1 aliphatic rings. The van der Waals surface area contributed by atoms with Crippen molar-refractivity contribution in [3.05, 3.63) is 84.3 Å². The van der Waals surface area contributed by atoms with E-state index in [0.29, 0.717) is 29.9 Å². The van der Waals surface area contributed by atoms with E-state index in [1.807, 2.05) is 28.8 Å². The third-order valence-corrected chi connectivity index (χ3v) is 7.27. The number of hydrogen-bond acceptors (Lipinski definition) is 9. The Balaban J connectivity index is 1.44. The van der Waals surface area contributed by atoms with Crippen molar-refractivity contribution < 1.29 is 13.5 Å². The Morgan fingerprint density at radius 1 is 1.05 bits per heavy atom. The molecule has 1 atom stereocenters. The van der Waals surface area contributed by atoms with Crippen LogP contribution in [0, 0.1) is 11.6 Å². The SMILES string of the molecule is COc1c(F)cc(-c2cc(Cn3cnc4c(N)ncnc43)c(N3CCC[C@@](N)(c4ccccn4)C3)cn2)cc1F. The van der Waals surface area contributed by atoms with Gasteiger partial charge in [0.15, 0.2) is 28.8 Å². The van der Waals surface area contributed by atoms with Crippen LogP contribution in [0.1, 0.15) is 24.1 Å². The molecule has 0 radical (unpaired) electrons. The molecule has 12 heteroatoms. The maximum absolute atomic E-state index is 14.6.